The lowest BCUT2D eigenvalue weighted by Gasteiger charge is -2.32. The number of benzene rings is 1. The summed E-state index contributed by atoms with van der Waals surface area (Å²) in [7, 11) is -0.242. The number of aryl methyl sites for hydroxylation is 1. The number of nitriles is 1. The molecule has 1 heterocycles. The van der Waals surface area contributed by atoms with Gasteiger partial charge in [-0.05, 0) is 64.2 Å². The van der Waals surface area contributed by atoms with Gasteiger partial charge in [-0.15, -0.1) is 0 Å². The fourth-order valence-corrected chi connectivity index (χ4v) is 3.09. The summed E-state index contributed by atoms with van der Waals surface area (Å²) in [4.78, 5) is 0. The molecule has 3 rings (SSSR count). The Balaban J connectivity index is 1.78. The molecule has 1 aromatic rings. The molecule has 3 nitrogen and oxygen atoms in total. The lowest BCUT2D eigenvalue weighted by molar-refractivity contribution is 0.00578. The van der Waals surface area contributed by atoms with Crippen molar-refractivity contribution < 1.29 is 13.7 Å². The zero-order chi connectivity index (χ0) is 16.3. The molecule has 1 saturated heterocycles. The molecular weight excluding hydrogens is 280 g/mol. The Bertz CT molecular complexity index is 626. The molecule has 0 N–H and O–H groups in total. The van der Waals surface area contributed by atoms with Crippen molar-refractivity contribution in [3.8, 4) is 6.07 Å². The third kappa shape index (κ3) is 2.35. The van der Waals surface area contributed by atoms with Crippen LogP contribution < -0.4 is 0 Å². The van der Waals surface area contributed by atoms with Crippen molar-refractivity contribution >= 4 is 7.12 Å². The molecule has 0 amide bonds. The summed E-state index contributed by atoms with van der Waals surface area (Å²) in [5.74, 6) is 0.0699. The predicted molar refractivity (Wildman–Crippen MR) is 83.0 cm³/mol. The second-order valence-corrected chi connectivity index (χ2v) is 7.44. The number of hydrogen-bond acceptors (Lipinski definition) is 3. The first-order valence-electron chi connectivity index (χ1n) is 7.72. The summed E-state index contributed by atoms with van der Waals surface area (Å²) in [6.07, 6.45) is 0.932. The van der Waals surface area contributed by atoms with Gasteiger partial charge in [-0.25, -0.2) is 4.39 Å². The molecule has 5 heteroatoms. The molecular formula is C17H21BFNO2. The van der Waals surface area contributed by atoms with Crippen LogP contribution >= 0.6 is 0 Å². The summed E-state index contributed by atoms with van der Waals surface area (Å²) < 4.78 is 26.1. The molecule has 0 spiro atoms. The fourth-order valence-electron chi connectivity index (χ4n) is 3.09. The van der Waals surface area contributed by atoms with E-state index in [9.17, 15) is 4.39 Å². The second-order valence-electron chi connectivity index (χ2n) is 7.44. The number of halogens is 1. The predicted octanol–water partition coefficient (Wildman–Crippen LogP) is 3.96. The van der Waals surface area contributed by atoms with Crippen LogP contribution in [-0.2, 0) is 9.31 Å². The molecule has 0 radical (unpaired) electrons. The third-order valence-corrected chi connectivity index (χ3v) is 5.31. The number of rotatable bonds is 2. The third-order valence-electron chi connectivity index (χ3n) is 5.31. The maximum atomic E-state index is 14.0. The highest BCUT2D eigenvalue weighted by Crippen LogP contribution is 2.58. The molecule has 1 aliphatic heterocycles. The summed E-state index contributed by atoms with van der Waals surface area (Å²) >= 11 is 0. The van der Waals surface area contributed by atoms with E-state index in [0.29, 0.717) is 5.56 Å². The molecule has 1 aliphatic carbocycles. The van der Waals surface area contributed by atoms with Crippen molar-refractivity contribution in [2.75, 3.05) is 0 Å². The van der Waals surface area contributed by atoms with E-state index in [1.807, 2.05) is 39.8 Å². The van der Waals surface area contributed by atoms with E-state index in [1.165, 1.54) is 6.07 Å². The van der Waals surface area contributed by atoms with Crippen LogP contribution in [0.15, 0.2) is 12.1 Å². The zero-order valence-corrected chi connectivity index (χ0v) is 13.7. The Morgan fingerprint density at radius 1 is 1.23 bits per heavy atom. The molecule has 0 bridgehead atoms. The van der Waals surface area contributed by atoms with Gasteiger partial charge in [0.25, 0.3) is 0 Å². The highest BCUT2D eigenvalue weighted by molar-refractivity contribution is 6.49. The van der Waals surface area contributed by atoms with Crippen molar-refractivity contribution in [3.63, 3.8) is 0 Å². The molecule has 2 atom stereocenters. The Morgan fingerprint density at radius 3 is 2.32 bits per heavy atom. The SMILES string of the molecule is Cc1cc([C@H]2CC2B2OC(C)(C)C(C)(C)O2)cc(F)c1C#N. The highest BCUT2D eigenvalue weighted by atomic mass is 19.1. The maximum absolute atomic E-state index is 14.0. The van der Waals surface area contributed by atoms with Gasteiger partial charge < -0.3 is 9.31 Å². The van der Waals surface area contributed by atoms with Crippen LogP contribution in [0.3, 0.4) is 0 Å². The molecule has 22 heavy (non-hydrogen) atoms. The molecule has 116 valence electrons. The standard InChI is InChI=1S/C17H21BFNO2/c1-10-6-11(7-15(19)13(10)9-20)12-8-14(12)18-21-16(2,3)17(4,5)22-18/h6-7,12,14H,8H2,1-5H3/t12-,14?/m1/s1. The van der Waals surface area contributed by atoms with Gasteiger partial charge >= 0.3 is 7.12 Å². The summed E-state index contributed by atoms with van der Waals surface area (Å²) in [5, 5.41) is 8.95. The second kappa shape index (κ2) is 4.81. The first-order chi connectivity index (χ1) is 10.2. The van der Waals surface area contributed by atoms with Gasteiger partial charge in [0.1, 0.15) is 11.9 Å². The lowest BCUT2D eigenvalue weighted by Crippen LogP contribution is -2.41. The Morgan fingerprint density at radius 2 is 1.82 bits per heavy atom. The summed E-state index contributed by atoms with van der Waals surface area (Å²) in [5.41, 5.74) is 1.09. The molecule has 2 aliphatic rings. The van der Waals surface area contributed by atoms with Gasteiger partial charge in [-0.2, -0.15) is 5.26 Å². The number of nitrogens with zero attached hydrogens (tertiary/aromatic N) is 1. The normalized spacial score (nSPS) is 28.5. The minimum atomic E-state index is -0.433. The van der Waals surface area contributed by atoms with Crippen LogP contribution in [0.5, 0.6) is 0 Å². The minimum Gasteiger partial charge on any atom is -0.403 e. The molecule has 0 aromatic heterocycles. The smallest absolute Gasteiger partial charge is 0.403 e. The molecule has 1 aromatic carbocycles. The van der Waals surface area contributed by atoms with Crippen molar-refractivity contribution in [2.24, 2.45) is 0 Å². The molecule has 1 unspecified atom stereocenters. The van der Waals surface area contributed by atoms with Crippen LogP contribution in [0, 0.1) is 24.1 Å². The zero-order valence-electron chi connectivity index (χ0n) is 13.7. The van der Waals surface area contributed by atoms with Gasteiger partial charge in [0.05, 0.1) is 16.8 Å². The van der Waals surface area contributed by atoms with Crippen LogP contribution in [0.1, 0.15) is 56.7 Å². The van der Waals surface area contributed by atoms with Crippen molar-refractivity contribution in [3.05, 3.63) is 34.6 Å². The highest BCUT2D eigenvalue weighted by Gasteiger charge is 2.59. The van der Waals surface area contributed by atoms with Crippen molar-refractivity contribution in [1.82, 2.24) is 0 Å². The van der Waals surface area contributed by atoms with Gasteiger partial charge in [0.2, 0.25) is 0 Å². The fraction of sp³-hybridized carbons (Fsp3) is 0.588. The Labute approximate surface area is 131 Å². The monoisotopic (exact) mass is 301 g/mol. The van der Waals surface area contributed by atoms with Crippen LogP contribution in [0.4, 0.5) is 4.39 Å². The quantitative estimate of drug-likeness (QED) is 0.777. The van der Waals surface area contributed by atoms with E-state index in [4.69, 9.17) is 14.6 Å². The molecule has 2 fully saturated rings. The van der Waals surface area contributed by atoms with Crippen LogP contribution in [0.2, 0.25) is 5.82 Å². The largest absolute Gasteiger partial charge is 0.461 e. The van der Waals surface area contributed by atoms with E-state index in [2.05, 4.69) is 0 Å². The van der Waals surface area contributed by atoms with E-state index in [0.717, 1.165) is 12.0 Å². The lowest BCUT2D eigenvalue weighted by atomic mass is 9.79. The van der Waals surface area contributed by atoms with Crippen LogP contribution in [0.25, 0.3) is 0 Å². The van der Waals surface area contributed by atoms with Crippen LogP contribution in [-0.4, -0.2) is 18.3 Å². The Hall–Kier alpha value is -1.38. The Kier molecular flexibility index (Phi) is 3.39. The van der Waals surface area contributed by atoms with E-state index in [1.54, 1.807) is 6.92 Å². The van der Waals surface area contributed by atoms with E-state index >= 15 is 0 Å². The number of hydrogen-bond donors (Lipinski definition) is 0. The first kappa shape index (κ1) is 15.5. The average molecular weight is 301 g/mol. The summed E-state index contributed by atoms with van der Waals surface area (Å²) in [6.45, 7) is 9.93. The topological polar surface area (TPSA) is 42.2 Å². The van der Waals surface area contributed by atoms with E-state index < -0.39 is 5.82 Å². The summed E-state index contributed by atoms with van der Waals surface area (Å²) in [6, 6.07) is 5.32. The van der Waals surface area contributed by atoms with Crippen molar-refractivity contribution in [1.29, 1.82) is 5.26 Å². The van der Waals surface area contributed by atoms with Gasteiger partial charge in [0, 0.05) is 5.82 Å². The maximum Gasteiger partial charge on any atom is 0.461 e. The van der Waals surface area contributed by atoms with Gasteiger partial charge in [0.15, 0.2) is 0 Å². The van der Waals surface area contributed by atoms with E-state index in [-0.39, 0.29) is 35.6 Å². The first-order valence-corrected chi connectivity index (χ1v) is 7.72. The minimum absolute atomic E-state index is 0.136. The molecule has 1 saturated carbocycles. The van der Waals surface area contributed by atoms with Crippen molar-refractivity contribution in [2.45, 2.75) is 64.0 Å². The average Bonchev–Trinajstić information content (AvgIpc) is 3.12. The van der Waals surface area contributed by atoms with Gasteiger partial charge in [-0.1, -0.05) is 6.07 Å². The van der Waals surface area contributed by atoms with Gasteiger partial charge in [-0.3, -0.25) is 0 Å².